The highest BCUT2D eigenvalue weighted by Gasteiger charge is 2.15. The van der Waals surface area contributed by atoms with Crippen LogP contribution < -0.4 is 20.1 Å². The molecule has 0 spiro atoms. The van der Waals surface area contributed by atoms with Crippen molar-refractivity contribution < 1.29 is 9.47 Å². The van der Waals surface area contributed by atoms with E-state index in [-0.39, 0.29) is 0 Å². The first-order valence-electron chi connectivity index (χ1n) is 9.01. The zero-order chi connectivity index (χ0) is 18.2. The van der Waals surface area contributed by atoms with Gasteiger partial charge in [0.15, 0.2) is 5.96 Å². The lowest BCUT2D eigenvalue weighted by atomic mass is 10.2. The van der Waals surface area contributed by atoms with Gasteiger partial charge in [-0.3, -0.25) is 4.99 Å². The first-order valence-corrected chi connectivity index (χ1v) is 9.01. The van der Waals surface area contributed by atoms with Crippen LogP contribution in [-0.4, -0.2) is 31.1 Å². The van der Waals surface area contributed by atoms with E-state index in [2.05, 4.69) is 20.6 Å². The van der Waals surface area contributed by atoms with Crippen LogP contribution >= 0.6 is 0 Å². The molecule has 0 amide bonds. The van der Waals surface area contributed by atoms with Crippen LogP contribution in [0, 0.1) is 0 Å². The molecular formula is C20H26N4O2. The van der Waals surface area contributed by atoms with Gasteiger partial charge in [-0.1, -0.05) is 18.9 Å². The number of benzene rings is 1. The third kappa shape index (κ3) is 5.12. The minimum absolute atomic E-state index is 0.541. The Labute approximate surface area is 154 Å². The van der Waals surface area contributed by atoms with E-state index in [9.17, 15) is 0 Å². The molecule has 0 bridgehead atoms. The Bertz CT molecular complexity index is 708. The Morgan fingerprint density at radius 2 is 1.85 bits per heavy atom. The van der Waals surface area contributed by atoms with Crippen LogP contribution in [0.3, 0.4) is 0 Å². The Morgan fingerprint density at radius 1 is 1.12 bits per heavy atom. The molecule has 26 heavy (non-hydrogen) atoms. The van der Waals surface area contributed by atoms with Gasteiger partial charge in [-0.2, -0.15) is 0 Å². The molecule has 0 atom stereocenters. The van der Waals surface area contributed by atoms with Gasteiger partial charge >= 0.3 is 0 Å². The fourth-order valence-corrected chi connectivity index (χ4v) is 2.98. The largest absolute Gasteiger partial charge is 0.497 e. The molecule has 3 rings (SSSR count). The van der Waals surface area contributed by atoms with E-state index in [0.29, 0.717) is 18.5 Å². The van der Waals surface area contributed by atoms with Crippen LogP contribution in [0.1, 0.15) is 31.2 Å². The number of hydrogen-bond donors (Lipinski definition) is 2. The smallest absolute Gasteiger partial charge is 0.219 e. The van der Waals surface area contributed by atoms with Gasteiger partial charge in [0.25, 0.3) is 0 Å². The number of rotatable bonds is 6. The topological polar surface area (TPSA) is 67.8 Å². The summed E-state index contributed by atoms with van der Waals surface area (Å²) < 4.78 is 10.9. The Kier molecular flexibility index (Phi) is 6.30. The monoisotopic (exact) mass is 354 g/mol. The summed E-state index contributed by atoms with van der Waals surface area (Å²) in [4.78, 5) is 8.66. The highest BCUT2D eigenvalue weighted by atomic mass is 16.5. The first kappa shape index (κ1) is 18.0. The van der Waals surface area contributed by atoms with E-state index in [1.807, 2.05) is 42.6 Å². The van der Waals surface area contributed by atoms with Gasteiger partial charge in [0.05, 0.1) is 7.11 Å². The van der Waals surface area contributed by atoms with Gasteiger partial charge in [0.2, 0.25) is 5.88 Å². The van der Waals surface area contributed by atoms with Crippen molar-refractivity contribution >= 4 is 5.96 Å². The maximum Gasteiger partial charge on any atom is 0.219 e. The average molecular weight is 354 g/mol. The Hall–Kier alpha value is -2.76. The third-order valence-electron chi connectivity index (χ3n) is 4.46. The predicted molar refractivity (Wildman–Crippen MR) is 103 cm³/mol. The average Bonchev–Trinajstić information content (AvgIpc) is 3.20. The number of aromatic nitrogens is 1. The SMILES string of the molecule is CN=C(NCc1ccc(Oc2ccc(OC)cc2)nc1)NC1CCCC1. The lowest BCUT2D eigenvalue weighted by Crippen LogP contribution is -2.41. The lowest BCUT2D eigenvalue weighted by molar-refractivity contribution is 0.412. The molecule has 138 valence electrons. The van der Waals surface area contributed by atoms with Crippen LogP contribution in [0.5, 0.6) is 17.4 Å². The number of hydrogen-bond acceptors (Lipinski definition) is 4. The van der Waals surface area contributed by atoms with Crippen molar-refractivity contribution in [2.24, 2.45) is 4.99 Å². The molecule has 0 unspecified atom stereocenters. The van der Waals surface area contributed by atoms with E-state index in [1.165, 1.54) is 25.7 Å². The summed E-state index contributed by atoms with van der Waals surface area (Å²) in [5.41, 5.74) is 1.07. The van der Waals surface area contributed by atoms with Crippen LogP contribution in [0.4, 0.5) is 0 Å². The van der Waals surface area contributed by atoms with Crippen LogP contribution in [0.2, 0.25) is 0 Å². The fourth-order valence-electron chi connectivity index (χ4n) is 2.98. The Morgan fingerprint density at radius 3 is 2.46 bits per heavy atom. The van der Waals surface area contributed by atoms with E-state index >= 15 is 0 Å². The summed E-state index contributed by atoms with van der Waals surface area (Å²) >= 11 is 0. The van der Waals surface area contributed by atoms with E-state index in [1.54, 1.807) is 14.2 Å². The molecule has 1 heterocycles. The highest BCUT2D eigenvalue weighted by Crippen LogP contribution is 2.22. The quantitative estimate of drug-likeness (QED) is 0.614. The van der Waals surface area contributed by atoms with Crippen LogP contribution in [0.25, 0.3) is 0 Å². The van der Waals surface area contributed by atoms with Crippen LogP contribution in [-0.2, 0) is 6.54 Å². The maximum atomic E-state index is 5.75. The number of methoxy groups -OCH3 is 1. The minimum atomic E-state index is 0.541. The molecule has 1 aliphatic rings. The van der Waals surface area contributed by atoms with Crippen molar-refractivity contribution in [2.75, 3.05) is 14.2 Å². The lowest BCUT2D eigenvalue weighted by Gasteiger charge is -2.16. The molecule has 2 N–H and O–H groups in total. The number of ether oxygens (including phenoxy) is 2. The molecule has 1 saturated carbocycles. The van der Waals surface area contributed by atoms with Crippen molar-refractivity contribution in [1.82, 2.24) is 15.6 Å². The molecule has 1 aromatic heterocycles. The van der Waals surface area contributed by atoms with Gasteiger partial charge in [0.1, 0.15) is 11.5 Å². The van der Waals surface area contributed by atoms with E-state index in [0.717, 1.165) is 23.0 Å². The second-order valence-electron chi connectivity index (χ2n) is 6.33. The van der Waals surface area contributed by atoms with Gasteiger partial charge in [0, 0.05) is 31.9 Å². The molecule has 6 heteroatoms. The van der Waals surface area contributed by atoms with Gasteiger partial charge in [-0.05, 0) is 42.7 Å². The van der Waals surface area contributed by atoms with Crippen molar-refractivity contribution in [1.29, 1.82) is 0 Å². The van der Waals surface area contributed by atoms with Crippen molar-refractivity contribution in [3.05, 3.63) is 48.2 Å². The summed E-state index contributed by atoms with van der Waals surface area (Å²) in [5.74, 6) is 2.93. The number of nitrogens with zero attached hydrogens (tertiary/aromatic N) is 2. The molecule has 0 saturated heterocycles. The summed E-state index contributed by atoms with van der Waals surface area (Å²) in [6.07, 6.45) is 6.86. The molecule has 6 nitrogen and oxygen atoms in total. The van der Waals surface area contributed by atoms with Gasteiger partial charge in [-0.15, -0.1) is 0 Å². The van der Waals surface area contributed by atoms with Crippen molar-refractivity contribution in [3.63, 3.8) is 0 Å². The predicted octanol–water partition coefficient (Wildman–Crippen LogP) is 3.49. The second kappa shape index (κ2) is 9.08. The third-order valence-corrected chi connectivity index (χ3v) is 4.46. The second-order valence-corrected chi connectivity index (χ2v) is 6.33. The summed E-state index contributed by atoms with van der Waals surface area (Å²) in [7, 11) is 3.44. The standard InChI is InChI=1S/C20H26N4O2/c1-21-20(24-16-5-3-4-6-16)23-14-15-7-12-19(22-13-15)26-18-10-8-17(25-2)9-11-18/h7-13,16H,3-6,14H2,1-2H3,(H2,21,23,24). The summed E-state index contributed by atoms with van der Waals surface area (Å²) in [5, 5.41) is 6.81. The first-order chi connectivity index (χ1) is 12.8. The number of aliphatic imine (C=N–C) groups is 1. The van der Waals surface area contributed by atoms with Crippen LogP contribution in [0.15, 0.2) is 47.6 Å². The molecule has 1 fully saturated rings. The van der Waals surface area contributed by atoms with Gasteiger partial charge < -0.3 is 20.1 Å². The van der Waals surface area contributed by atoms with Crippen molar-refractivity contribution in [2.45, 2.75) is 38.3 Å². The van der Waals surface area contributed by atoms with E-state index in [4.69, 9.17) is 9.47 Å². The number of nitrogens with one attached hydrogen (secondary N) is 2. The normalized spacial score (nSPS) is 14.9. The minimum Gasteiger partial charge on any atom is -0.497 e. The zero-order valence-electron chi connectivity index (χ0n) is 15.4. The number of pyridine rings is 1. The van der Waals surface area contributed by atoms with Gasteiger partial charge in [-0.25, -0.2) is 4.98 Å². The molecule has 0 radical (unpaired) electrons. The summed E-state index contributed by atoms with van der Waals surface area (Å²) in [6.45, 7) is 0.669. The molecule has 1 aliphatic carbocycles. The molecule has 2 aromatic rings. The fraction of sp³-hybridized carbons (Fsp3) is 0.400. The highest BCUT2D eigenvalue weighted by molar-refractivity contribution is 5.79. The van der Waals surface area contributed by atoms with E-state index < -0.39 is 0 Å². The van der Waals surface area contributed by atoms with Crippen molar-refractivity contribution in [3.8, 4) is 17.4 Å². The maximum absolute atomic E-state index is 5.75. The number of guanidine groups is 1. The molecule has 0 aliphatic heterocycles. The zero-order valence-corrected chi connectivity index (χ0v) is 15.4. The molecule has 1 aromatic carbocycles. The Balaban J connectivity index is 1.50. The summed E-state index contributed by atoms with van der Waals surface area (Å²) in [6, 6.07) is 11.8. The molecular weight excluding hydrogens is 328 g/mol.